The summed E-state index contributed by atoms with van der Waals surface area (Å²) in [6, 6.07) is 107. The van der Waals surface area contributed by atoms with Crippen molar-refractivity contribution in [3.63, 3.8) is 0 Å². The summed E-state index contributed by atoms with van der Waals surface area (Å²) in [6.07, 6.45) is 0. The van der Waals surface area contributed by atoms with Gasteiger partial charge in [0, 0.05) is 79.9 Å². The zero-order chi connectivity index (χ0) is 67.5. The standard InChI is InChI=1S/C46H25N3OS.C24H13ClN2O.C22H13NS/c1-2-14-27-26(13-1)25-35(29-16-4-3-15-28(27)29)42-41-33-20-8-11-23-37(33)50-45(41)48-46(47-42)49-36-22-10-7-19-32(36)39-30-17-5-6-18-31(30)40-34-21-9-12-24-38(34)51-44(40)43(39)49;25-24-26-22(21-18-11-5-6-12-20(18)28-23(21)27-24)19-13-14-7-1-2-8-15(14)16-9-3-4-10-17(16)19;1-2-8-14-13(7-1)19-15-9-3-5-11-17(15)23-21(19)22-20(14)16-10-4-6-12-18(16)24-22/h1-25H;1-13H;1-12,23H. The van der Waals surface area contributed by atoms with Gasteiger partial charge in [0.25, 0.3) is 0 Å². The number of halogens is 1. The van der Waals surface area contributed by atoms with Crippen LogP contribution in [0.1, 0.15) is 0 Å². The number of rotatable bonds is 3. The Kier molecular flexibility index (Phi) is 12.7. The largest absolute Gasteiger partial charge is 0.438 e. The molecule has 0 spiro atoms. The summed E-state index contributed by atoms with van der Waals surface area (Å²) in [4.78, 5) is 23.6. The molecule has 0 aliphatic carbocycles. The number of fused-ring (bicyclic) bond motifs is 32. The molecule has 0 fully saturated rings. The van der Waals surface area contributed by atoms with Crippen LogP contribution < -0.4 is 0 Å². The van der Waals surface area contributed by atoms with E-state index in [1.54, 1.807) is 0 Å². The predicted octanol–water partition coefficient (Wildman–Crippen LogP) is 26.8. The second-order valence-electron chi connectivity index (χ2n) is 26.3. The molecule has 103 heavy (non-hydrogen) atoms. The fourth-order valence-corrected chi connectivity index (χ4v) is 19.2. The average Bonchev–Trinajstić information content (AvgIpc) is 1.55. The summed E-state index contributed by atoms with van der Waals surface area (Å²) in [5.74, 6) is 0.592. The Labute approximate surface area is 598 Å². The molecular weight excluding hydrogens is 1320 g/mol. The highest BCUT2D eigenvalue weighted by molar-refractivity contribution is 7.27. The van der Waals surface area contributed by atoms with E-state index in [0.29, 0.717) is 17.4 Å². The van der Waals surface area contributed by atoms with E-state index in [4.69, 9.17) is 30.4 Å². The van der Waals surface area contributed by atoms with Crippen LogP contribution in [-0.4, -0.2) is 29.5 Å². The van der Waals surface area contributed by atoms with Gasteiger partial charge < -0.3 is 13.8 Å². The Morgan fingerprint density at radius 2 is 0.718 bits per heavy atom. The third-order valence-electron chi connectivity index (χ3n) is 20.8. The molecule has 0 radical (unpaired) electrons. The van der Waals surface area contributed by atoms with Gasteiger partial charge in [0.05, 0.1) is 48.1 Å². The fourth-order valence-electron chi connectivity index (χ4n) is 16.5. The molecule has 0 bridgehead atoms. The molecular formula is C92H51ClN6O2S2. The lowest BCUT2D eigenvalue weighted by Crippen LogP contribution is -2.03. The molecule has 0 aliphatic heterocycles. The molecule has 0 saturated carbocycles. The van der Waals surface area contributed by atoms with Crippen LogP contribution in [0.4, 0.5) is 0 Å². The minimum Gasteiger partial charge on any atom is -0.438 e. The molecule has 1 N–H and O–H groups in total. The van der Waals surface area contributed by atoms with Crippen molar-refractivity contribution in [1.82, 2.24) is 29.5 Å². The highest BCUT2D eigenvalue weighted by Gasteiger charge is 2.27. The predicted molar refractivity (Wildman–Crippen MR) is 435 cm³/mol. The molecule has 0 aliphatic rings. The molecule has 24 rings (SSSR count). The number of nitrogens with zero attached hydrogens (tertiary/aromatic N) is 5. The molecule has 0 saturated heterocycles. The first-order valence-corrected chi connectivity index (χ1v) is 36.4. The lowest BCUT2D eigenvalue weighted by Gasteiger charge is -2.14. The lowest BCUT2D eigenvalue weighted by atomic mass is 9.94. The minimum absolute atomic E-state index is 0.179. The Hall–Kier alpha value is -12.8. The van der Waals surface area contributed by atoms with Gasteiger partial charge in [0.15, 0.2) is 0 Å². The number of para-hydroxylation sites is 4. The van der Waals surface area contributed by atoms with E-state index >= 15 is 0 Å². The van der Waals surface area contributed by atoms with Crippen molar-refractivity contribution in [2.24, 2.45) is 0 Å². The van der Waals surface area contributed by atoms with Crippen LogP contribution in [0.2, 0.25) is 5.28 Å². The molecule has 480 valence electrons. The van der Waals surface area contributed by atoms with E-state index < -0.39 is 0 Å². The van der Waals surface area contributed by atoms with Crippen molar-refractivity contribution < 1.29 is 8.83 Å². The van der Waals surface area contributed by atoms with Gasteiger partial charge in [-0.2, -0.15) is 9.97 Å². The van der Waals surface area contributed by atoms with Crippen molar-refractivity contribution in [3.05, 3.63) is 309 Å². The second-order valence-corrected chi connectivity index (χ2v) is 28.8. The number of thiophene rings is 2. The first-order chi connectivity index (χ1) is 51.0. The summed E-state index contributed by atoms with van der Waals surface area (Å²) >= 11 is 10.0. The van der Waals surface area contributed by atoms with E-state index in [2.05, 4.69) is 280 Å². The van der Waals surface area contributed by atoms with Crippen LogP contribution in [-0.2, 0) is 0 Å². The Balaban J connectivity index is 0.000000108. The first kappa shape index (κ1) is 58.0. The summed E-state index contributed by atoms with van der Waals surface area (Å²) < 4.78 is 20.1. The van der Waals surface area contributed by atoms with E-state index in [1.165, 1.54) is 121 Å². The second kappa shape index (κ2) is 22.6. The molecule has 0 atom stereocenters. The van der Waals surface area contributed by atoms with Crippen LogP contribution in [0.5, 0.6) is 0 Å². The Morgan fingerprint density at radius 3 is 1.30 bits per heavy atom. The van der Waals surface area contributed by atoms with Crippen molar-refractivity contribution >= 4 is 227 Å². The Bertz CT molecular complexity index is 7640. The molecule has 24 aromatic rings. The molecule has 16 aromatic carbocycles. The number of furan rings is 2. The molecule has 8 nitrogen and oxygen atoms in total. The summed E-state index contributed by atoms with van der Waals surface area (Å²) in [5.41, 5.74) is 11.1. The smallest absolute Gasteiger partial charge is 0.238 e. The normalized spacial score (nSPS) is 12.1. The molecule has 8 aromatic heterocycles. The highest BCUT2D eigenvalue weighted by Crippen LogP contribution is 2.51. The van der Waals surface area contributed by atoms with Gasteiger partial charge in [-0.15, -0.1) is 22.7 Å². The molecule has 8 heterocycles. The topological polar surface area (TPSA) is 98.6 Å². The van der Waals surface area contributed by atoms with Crippen molar-refractivity contribution in [1.29, 1.82) is 0 Å². The van der Waals surface area contributed by atoms with Crippen LogP contribution in [0.15, 0.2) is 312 Å². The maximum atomic E-state index is 6.62. The van der Waals surface area contributed by atoms with E-state index in [9.17, 15) is 0 Å². The third-order valence-corrected chi connectivity index (χ3v) is 23.4. The van der Waals surface area contributed by atoms with Crippen LogP contribution in [0, 0.1) is 0 Å². The summed E-state index contributed by atoms with van der Waals surface area (Å²) in [5, 5.41) is 28.9. The van der Waals surface area contributed by atoms with Crippen molar-refractivity contribution in [2.75, 3.05) is 0 Å². The number of benzene rings is 16. The number of aromatic nitrogens is 6. The SMILES string of the molecule is Clc1nc(-c2cc3ccccc3c3ccccc23)c2c(n1)oc1ccccc12.c1ccc2c(c1)[nH]c1c3sc4ccccc4c3c3ccccc3c21.c1ccc2c(c1)cc(-c1nc(-n3c4ccccc4c4c5ccccc5c5c6ccccc6sc5c43)nc3oc4ccccc4c13)c1ccccc12. The van der Waals surface area contributed by atoms with E-state index in [1.807, 2.05) is 65.1 Å². The monoisotopic (exact) mass is 1370 g/mol. The zero-order valence-electron chi connectivity index (χ0n) is 54.6. The highest BCUT2D eigenvalue weighted by atomic mass is 35.5. The van der Waals surface area contributed by atoms with Gasteiger partial charge in [-0.25, -0.2) is 9.97 Å². The van der Waals surface area contributed by atoms with Gasteiger partial charge in [-0.3, -0.25) is 4.57 Å². The first-order valence-electron chi connectivity index (χ1n) is 34.4. The number of nitrogens with one attached hydrogen (secondary N) is 1. The van der Waals surface area contributed by atoms with Gasteiger partial charge in [-0.05, 0) is 125 Å². The number of hydrogen-bond acceptors (Lipinski definition) is 8. The lowest BCUT2D eigenvalue weighted by molar-refractivity contribution is 0.651. The fraction of sp³-hybridized carbons (Fsp3) is 0. The molecule has 0 amide bonds. The van der Waals surface area contributed by atoms with E-state index in [-0.39, 0.29) is 5.28 Å². The van der Waals surface area contributed by atoms with Crippen LogP contribution in [0.25, 0.3) is 221 Å². The minimum atomic E-state index is 0.179. The zero-order valence-corrected chi connectivity index (χ0v) is 57.0. The van der Waals surface area contributed by atoms with Crippen molar-refractivity contribution in [3.8, 4) is 28.5 Å². The molecule has 11 heteroatoms. The summed E-state index contributed by atoms with van der Waals surface area (Å²) in [6.45, 7) is 0. The van der Waals surface area contributed by atoms with Crippen molar-refractivity contribution in [2.45, 2.75) is 0 Å². The van der Waals surface area contributed by atoms with Crippen LogP contribution in [0.3, 0.4) is 0 Å². The molecule has 0 unspecified atom stereocenters. The Morgan fingerprint density at radius 1 is 0.311 bits per heavy atom. The van der Waals surface area contributed by atoms with Gasteiger partial charge in [-0.1, -0.05) is 255 Å². The van der Waals surface area contributed by atoms with Gasteiger partial charge >= 0.3 is 0 Å². The van der Waals surface area contributed by atoms with Crippen LogP contribution >= 0.6 is 34.3 Å². The maximum absolute atomic E-state index is 6.62. The number of hydrogen-bond donors (Lipinski definition) is 1. The number of aromatic amines is 1. The number of H-pyrrole nitrogens is 1. The van der Waals surface area contributed by atoms with Gasteiger partial charge in [0.1, 0.15) is 11.2 Å². The van der Waals surface area contributed by atoms with E-state index in [0.717, 1.165) is 82.4 Å². The third kappa shape index (κ3) is 8.69. The average molecular weight is 1370 g/mol. The quantitative estimate of drug-likeness (QED) is 0.140. The van der Waals surface area contributed by atoms with Gasteiger partial charge in [0.2, 0.25) is 22.7 Å². The maximum Gasteiger partial charge on any atom is 0.238 e. The summed E-state index contributed by atoms with van der Waals surface area (Å²) in [7, 11) is 0.